The van der Waals surface area contributed by atoms with Crippen LogP contribution in [0, 0.1) is 0 Å². The highest BCUT2D eigenvalue weighted by molar-refractivity contribution is 5.74. The van der Waals surface area contributed by atoms with Crippen molar-refractivity contribution in [1.82, 2.24) is 10.2 Å². The number of carbonyl (C=O) groups excluding carboxylic acids is 1. The monoisotopic (exact) mass is 310 g/mol. The van der Waals surface area contributed by atoms with Crippen LogP contribution in [0.4, 0.5) is 4.79 Å². The highest BCUT2D eigenvalue weighted by Gasteiger charge is 2.10. The summed E-state index contributed by atoms with van der Waals surface area (Å²) in [6, 6.07) is 5.60. The third-order valence-electron chi connectivity index (χ3n) is 3.26. The second kappa shape index (κ2) is 9.89. The maximum Gasteiger partial charge on any atom is 0.317 e. The number of amides is 2. The lowest BCUT2D eigenvalue weighted by molar-refractivity contribution is 0.180. The van der Waals surface area contributed by atoms with Crippen LogP contribution < -0.4 is 14.8 Å². The predicted octanol–water partition coefficient (Wildman–Crippen LogP) is 1.66. The van der Waals surface area contributed by atoms with Crippen molar-refractivity contribution in [3.05, 3.63) is 23.8 Å². The Morgan fingerprint density at radius 2 is 2.09 bits per heavy atom. The van der Waals surface area contributed by atoms with E-state index < -0.39 is 0 Å². The van der Waals surface area contributed by atoms with Crippen LogP contribution in [0.5, 0.6) is 11.5 Å². The van der Waals surface area contributed by atoms with Crippen molar-refractivity contribution in [2.75, 3.05) is 40.0 Å². The van der Waals surface area contributed by atoms with Gasteiger partial charge in [-0.3, -0.25) is 0 Å². The molecule has 0 bridgehead atoms. The second-order valence-corrected chi connectivity index (χ2v) is 4.70. The number of hydrogen-bond donors (Lipinski definition) is 2. The average molecular weight is 310 g/mol. The predicted molar refractivity (Wildman–Crippen MR) is 85.6 cm³/mol. The zero-order valence-corrected chi connectivity index (χ0v) is 13.6. The molecule has 0 unspecified atom stereocenters. The first kappa shape index (κ1) is 18.1. The van der Waals surface area contributed by atoms with Crippen LogP contribution in [0.2, 0.25) is 0 Å². The van der Waals surface area contributed by atoms with Crippen LogP contribution in [-0.2, 0) is 6.42 Å². The number of urea groups is 1. The molecule has 0 radical (unpaired) electrons. The van der Waals surface area contributed by atoms with E-state index >= 15 is 0 Å². The summed E-state index contributed by atoms with van der Waals surface area (Å²) in [7, 11) is 1.61. The first-order chi connectivity index (χ1) is 10.7. The van der Waals surface area contributed by atoms with Gasteiger partial charge in [-0.25, -0.2) is 4.79 Å². The number of benzene rings is 1. The molecule has 1 aromatic rings. The molecule has 0 heterocycles. The van der Waals surface area contributed by atoms with E-state index in [0.29, 0.717) is 38.4 Å². The molecule has 2 N–H and O–H groups in total. The normalized spacial score (nSPS) is 10.2. The highest BCUT2D eigenvalue weighted by Crippen LogP contribution is 2.28. The Bertz CT molecular complexity index is 465. The van der Waals surface area contributed by atoms with Crippen molar-refractivity contribution >= 4 is 6.03 Å². The molecule has 6 heteroatoms. The van der Waals surface area contributed by atoms with Gasteiger partial charge in [0.2, 0.25) is 0 Å². The fourth-order valence-electron chi connectivity index (χ4n) is 2.09. The standard InChI is InChI=1S/C16H26N2O4/c1-4-18(10-11-19)16(20)17-9-8-13-6-7-14(22-5-2)15(12-13)21-3/h6-7,12,19H,4-5,8-11H2,1-3H3,(H,17,20). The first-order valence-corrected chi connectivity index (χ1v) is 7.59. The number of methoxy groups -OCH3 is 1. The minimum atomic E-state index is -0.158. The summed E-state index contributed by atoms with van der Waals surface area (Å²) in [5.74, 6) is 1.42. The summed E-state index contributed by atoms with van der Waals surface area (Å²) in [5.41, 5.74) is 1.06. The lowest BCUT2D eigenvalue weighted by Crippen LogP contribution is -2.42. The third kappa shape index (κ3) is 5.44. The number of aliphatic hydroxyl groups excluding tert-OH is 1. The number of aliphatic hydroxyl groups is 1. The Morgan fingerprint density at radius 3 is 2.68 bits per heavy atom. The van der Waals surface area contributed by atoms with Gasteiger partial charge >= 0.3 is 6.03 Å². The van der Waals surface area contributed by atoms with Gasteiger partial charge in [-0.05, 0) is 38.0 Å². The first-order valence-electron chi connectivity index (χ1n) is 7.59. The van der Waals surface area contributed by atoms with Crippen molar-refractivity contribution in [3.8, 4) is 11.5 Å². The van der Waals surface area contributed by atoms with E-state index in [1.165, 1.54) is 0 Å². The largest absolute Gasteiger partial charge is 0.493 e. The Hall–Kier alpha value is -1.95. The molecule has 1 aromatic carbocycles. The average Bonchev–Trinajstić information content (AvgIpc) is 2.53. The lowest BCUT2D eigenvalue weighted by atomic mass is 10.1. The van der Waals surface area contributed by atoms with Crippen molar-refractivity contribution in [2.24, 2.45) is 0 Å². The summed E-state index contributed by atoms with van der Waals surface area (Å²) in [6.07, 6.45) is 0.700. The molecule has 0 saturated carbocycles. The number of hydrogen-bond acceptors (Lipinski definition) is 4. The van der Waals surface area contributed by atoms with E-state index in [4.69, 9.17) is 14.6 Å². The van der Waals surface area contributed by atoms with Crippen molar-refractivity contribution in [2.45, 2.75) is 20.3 Å². The molecule has 6 nitrogen and oxygen atoms in total. The molecule has 0 aliphatic carbocycles. The summed E-state index contributed by atoms with van der Waals surface area (Å²) in [5, 5.41) is 11.7. The fraction of sp³-hybridized carbons (Fsp3) is 0.562. The van der Waals surface area contributed by atoms with E-state index in [1.54, 1.807) is 12.0 Å². The fourth-order valence-corrected chi connectivity index (χ4v) is 2.09. The molecule has 0 saturated heterocycles. The van der Waals surface area contributed by atoms with Crippen LogP contribution in [-0.4, -0.2) is 56.0 Å². The van der Waals surface area contributed by atoms with E-state index in [0.717, 1.165) is 11.3 Å². The molecule has 124 valence electrons. The molecule has 22 heavy (non-hydrogen) atoms. The molecule has 0 spiro atoms. The molecule has 0 fully saturated rings. The van der Waals surface area contributed by atoms with Crippen LogP contribution in [0.15, 0.2) is 18.2 Å². The quantitative estimate of drug-likeness (QED) is 0.728. The van der Waals surface area contributed by atoms with E-state index in [1.807, 2.05) is 32.0 Å². The van der Waals surface area contributed by atoms with E-state index in [9.17, 15) is 4.79 Å². The number of nitrogens with zero attached hydrogens (tertiary/aromatic N) is 1. The Balaban J connectivity index is 2.52. The number of nitrogens with one attached hydrogen (secondary N) is 1. The Labute approximate surface area is 132 Å². The van der Waals surface area contributed by atoms with E-state index in [2.05, 4.69) is 5.32 Å². The van der Waals surface area contributed by atoms with Gasteiger partial charge in [0.15, 0.2) is 11.5 Å². The summed E-state index contributed by atoms with van der Waals surface area (Å²) < 4.78 is 10.8. The van der Waals surface area contributed by atoms with Crippen LogP contribution >= 0.6 is 0 Å². The Kier molecular flexibility index (Phi) is 8.14. The zero-order valence-electron chi connectivity index (χ0n) is 13.6. The molecule has 0 atom stereocenters. The van der Waals surface area contributed by atoms with Crippen molar-refractivity contribution < 1.29 is 19.4 Å². The van der Waals surface area contributed by atoms with Gasteiger partial charge in [0.1, 0.15) is 0 Å². The minimum absolute atomic E-state index is 0.0304. The summed E-state index contributed by atoms with van der Waals surface area (Å²) >= 11 is 0. The Morgan fingerprint density at radius 1 is 1.32 bits per heavy atom. The number of ether oxygens (including phenoxy) is 2. The van der Waals surface area contributed by atoms with Gasteiger partial charge in [-0.15, -0.1) is 0 Å². The van der Waals surface area contributed by atoms with Crippen LogP contribution in [0.3, 0.4) is 0 Å². The maximum atomic E-state index is 11.9. The van der Waals surface area contributed by atoms with Gasteiger partial charge in [0.05, 0.1) is 20.3 Å². The maximum absolute atomic E-state index is 11.9. The molecule has 2 amide bonds. The molecule has 0 aliphatic heterocycles. The molecular formula is C16H26N2O4. The zero-order chi connectivity index (χ0) is 16.4. The number of rotatable bonds is 9. The van der Waals surface area contributed by atoms with Crippen molar-refractivity contribution in [3.63, 3.8) is 0 Å². The van der Waals surface area contributed by atoms with Gasteiger partial charge in [-0.1, -0.05) is 6.07 Å². The molecular weight excluding hydrogens is 284 g/mol. The second-order valence-electron chi connectivity index (χ2n) is 4.70. The number of carbonyl (C=O) groups is 1. The topological polar surface area (TPSA) is 71.0 Å². The molecule has 0 aromatic heterocycles. The van der Waals surface area contributed by atoms with E-state index in [-0.39, 0.29) is 12.6 Å². The van der Waals surface area contributed by atoms with Crippen LogP contribution in [0.25, 0.3) is 0 Å². The summed E-state index contributed by atoms with van der Waals surface area (Å²) in [4.78, 5) is 13.4. The van der Waals surface area contributed by atoms with Gasteiger partial charge in [0.25, 0.3) is 0 Å². The van der Waals surface area contributed by atoms with Gasteiger partial charge in [0, 0.05) is 19.6 Å². The number of likely N-dealkylation sites (N-methyl/N-ethyl adjacent to an activating group) is 1. The lowest BCUT2D eigenvalue weighted by Gasteiger charge is -2.20. The molecule has 1 rings (SSSR count). The SMILES string of the molecule is CCOc1ccc(CCNC(=O)N(CC)CCO)cc1OC. The summed E-state index contributed by atoms with van der Waals surface area (Å²) in [6.45, 7) is 5.81. The van der Waals surface area contributed by atoms with Crippen LogP contribution in [0.1, 0.15) is 19.4 Å². The van der Waals surface area contributed by atoms with Gasteiger partial charge < -0.3 is 24.8 Å². The minimum Gasteiger partial charge on any atom is -0.493 e. The molecule has 0 aliphatic rings. The highest BCUT2D eigenvalue weighted by atomic mass is 16.5. The third-order valence-corrected chi connectivity index (χ3v) is 3.26. The van der Waals surface area contributed by atoms with Gasteiger partial charge in [-0.2, -0.15) is 0 Å². The van der Waals surface area contributed by atoms with Crippen molar-refractivity contribution in [1.29, 1.82) is 0 Å². The smallest absolute Gasteiger partial charge is 0.317 e.